The Kier molecular flexibility index (Phi) is 5.60. The topological polar surface area (TPSA) is 61.3 Å². The summed E-state index contributed by atoms with van der Waals surface area (Å²) in [5.41, 5.74) is 13.7. The summed E-state index contributed by atoms with van der Waals surface area (Å²) in [5.74, 6) is 0.745. The van der Waals surface area contributed by atoms with Gasteiger partial charge in [0.2, 0.25) is 0 Å². The molecule has 2 aromatic rings. The molecular formula is C15H16Br2N2O. The molecule has 0 aromatic heterocycles. The van der Waals surface area contributed by atoms with Crippen LogP contribution in [0.1, 0.15) is 17.2 Å². The molecular weight excluding hydrogens is 384 g/mol. The van der Waals surface area contributed by atoms with Gasteiger partial charge in [-0.1, -0.05) is 46.3 Å². The van der Waals surface area contributed by atoms with E-state index >= 15 is 0 Å². The molecule has 0 saturated heterocycles. The van der Waals surface area contributed by atoms with Gasteiger partial charge in [0.25, 0.3) is 0 Å². The molecule has 2 aromatic carbocycles. The van der Waals surface area contributed by atoms with Gasteiger partial charge in [-0.25, -0.2) is 0 Å². The minimum atomic E-state index is -0.255. The second kappa shape index (κ2) is 7.22. The predicted octanol–water partition coefficient (Wildman–Crippen LogP) is 3.75. The summed E-state index contributed by atoms with van der Waals surface area (Å²) in [6, 6.07) is 13.6. The van der Waals surface area contributed by atoms with Gasteiger partial charge < -0.3 is 16.2 Å². The van der Waals surface area contributed by atoms with E-state index in [1.807, 2.05) is 42.5 Å². The fourth-order valence-corrected chi connectivity index (χ4v) is 3.24. The number of benzene rings is 2. The summed E-state index contributed by atoms with van der Waals surface area (Å²) in [6.07, 6.45) is 0. The van der Waals surface area contributed by atoms with Crippen molar-refractivity contribution in [1.29, 1.82) is 0 Å². The highest BCUT2D eigenvalue weighted by Crippen LogP contribution is 2.36. The molecule has 0 aliphatic rings. The van der Waals surface area contributed by atoms with Crippen LogP contribution >= 0.6 is 31.9 Å². The van der Waals surface area contributed by atoms with Crippen molar-refractivity contribution in [3.8, 4) is 5.75 Å². The highest BCUT2D eigenvalue weighted by molar-refractivity contribution is 9.11. The van der Waals surface area contributed by atoms with E-state index in [2.05, 4.69) is 31.9 Å². The molecule has 0 amide bonds. The first-order chi connectivity index (χ1) is 9.61. The normalized spacial score (nSPS) is 12.2. The molecule has 0 bridgehead atoms. The Labute approximate surface area is 135 Å². The van der Waals surface area contributed by atoms with E-state index in [-0.39, 0.29) is 6.04 Å². The van der Waals surface area contributed by atoms with Gasteiger partial charge in [0.1, 0.15) is 12.4 Å². The van der Waals surface area contributed by atoms with Crippen LogP contribution in [0.3, 0.4) is 0 Å². The van der Waals surface area contributed by atoms with Crippen LogP contribution in [0.15, 0.2) is 51.4 Å². The summed E-state index contributed by atoms with van der Waals surface area (Å²) in [6.45, 7) is 0.857. The smallest absolute Gasteiger partial charge is 0.138 e. The first kappa shape index (κ1) is 15.5. The molecule has 0 saturated carbocycles. The lowest BCUT2D eigenvalue weighted by molar-refractivity contribution is 0.299. The van der Waals surface area contributed by atoms with Crippen molar-refractivity contribution < 1.29 is 4.74 Å². The minimum absolute atomic E-state index is 0.255. The monoisotopic (exact) mass is 398 g/mol. The number of halogens is 2. The van der Waals surface area contributed by atoms with E-state index in [0.717, 1.165) is 25.8 Å². The molecule has 0 aliphatic carbocycles. The van der Waals surface area contributed by atoms with E-state index in [4.69, 9.17) is 16.2 Å². The third kappa shape index (κ3) is 3.82. The zero-order valence-electron chi connectivity index (χ0n) is 10.9. The number of ether oxygens (including phenoxy) is 1. The Hall–Kier alpha value is -0.880. The predicted molar refractivity (Wildman–Crippen MR) is 88.6 cm³/mol. The van der Waals surface area contributed by atoms with E-state index < -0.39 is 0 Å². The average molecular weight is 400 g/mol. The van der Waals surface area contributed by atoms with Crippen molar-refractivity contribution in [1.82, 2.24) is 0 Å². The highest BCUT2D eigenvalue weighted by atomic mass is 79.9. The van der Waals surface area contributed by atoms with Gasteiger partial charge in [0.15, 0.2) is 0 Å². The maximum atomic E-state index is 6.06. The number of rotatable bonds is 5. The largest absolute Gasteiger partial charge is 0.487 e. The first-order valence-electron chi connectivity index (χ1n) is 6.23. The molecule has 0 radical (unpaired) electrons. The average Bonchev–Trinajstić information content (AvgIpc) is 2.46. The standard InChI is InChI=1S/C15H16Br2N2O/c16-11-6-12(14(19)8-18)15(13(17)7-11)20-9-10-4-2-1-3-5-10/h1-7,14H,8-9,18-19H2. The molecule has 1 unspecified atom stereocenters. The number of hydrogen-bond acceptors (Lipinski definition) is 3. The zero-order valence-corrected chi connectivity index (χ0v) is 14.0. The van der Waals surface area contributed by atoms with Crippen molar-refractivity contribution in [2.75, 3.05) is 6.54 Å². The third-order valence-electron chi connectivity index (χ3n) is 2.92. The lowest BCUT2D eigenvalue weighted by Crippen LogP contribution is -2.21. The number of hydrogen-bond donors (Lipinski definition) is 2. The fourth-order valence-electron chi connectivity index (χ4n) is 1.86. The Morgan fingerprint density at radius 3 is 2.45 bits per heavy atom. The van der Waals surface area contributed by atoms with Crippen LogP contribution in [0.25, 0.3) is 0 Å². The Morgan fingerprint density at radius 2 is 1.80 bits per heavy atom. The summed E-state index contributed by atoms with van der Waals surface area (Å²) in [7, 11) is 0. The molecule has 106 valence electrons. The van der Waals surface area contributed by atoms with Crippen molar-refractivity contribution in [2.24, 2.45) is 11.5 Å². The van der Waals surface area contributed by atoms with Crippen LogP contribution in [0, 0.1) is 0 Å². The Morgan fingerprint density at radius 1 is 1.10 bits per heavy atom. The molecule has 4 N–H and O–H groups in total. The molecule has 5 heteroatoms. The van der Waals surface area contributed by atoms with Crippen molar-refractivity contribution in [2.45, 2.75) is 12.6 Å². The summed E-state index contributed by atoms with van der Waals surface area (Å²) in [4.78, 5) is 0. The molecule has 0 fully saturated rings. The Balaban J connectivity index is 2.26. The van der Waals surface area contributed by atoms with Gasteiger partial charge in [-0.05, 0) is 33.6 Å². The molecule has 0 aliphatic heterocycles. The van der Waals surface area contributed by atoms with Crippen molar-refractivity contribution in [3.63, 3.8) is 0 Å². The summed E-state index contributed by atoms with van der Waals surface area (Å²) < 4.78 is 7.73. The van der Waals surface area contributed by atoms with Crippen LogP contribution in [0.4, 0.5) is 0 Å². The first-order valence-corrected chi connectivity index (χ1v) is 7.81. The van der Waals surface area contributed by atoms with Crippen LogP contribution in [-0.2, 0) is 6.61 Å². The highest BCUT2D eigenvalue weighted by Gasteiger charge is 2.15. The van der Waals surface area contributed by atoms with Crippen LogP contribution in [0.5, 0.6) is 5.75 Å². The van der Waals surface area contributed by atoms with Gasteiger partial charge in [0, 0.05) is 22.6 Å². The quantitative estimate of drug-likeness (QED) is 0.804. The fraction of sp³-hybridized carbons (Fsp3) is 0.200. The van der Waals surface area contributed by atoms with Gasteiger partial charge in [-0.2, -0.15) is 0 Å². The lowest BCUT2D eigenvalue weighted by atomic mass is 10.1. The molecule has 3 nitrogen and oxygen atoms in total. The van der Waals surface area contributed by atoms with Crippen molar-refractivity contribution in [3.05, 3.63) is 62.5 Å². The van der Waals surface area contributed by atoms with Crippen LogP contribution in [-0.4, -0.2) is 6.54 Å². The van der Waals surface area contributed by atoms with E-state index in [0.29, 0.717) is 13.2 Å². The van der Waals surface area contributed by atoms with Crippen LogP contribution in [0.2, 0.25) is 0 Å². The molecule has 20 heavy (non-hydrogen) atoms. The van der Waals surface area contributed by atoms with Crippen LogP contribution < -0.4 is 16.2 Å². The SMILES string of the molecule is NCC(N)c1cc(Br)cc(Br)c1OCc1ccccc1. The third-order valence-corrected chi connectivity index (χ3v) is 3.96. The van der Waals surface area contributed by atoms with Crippen molar-refractivity contribution >= 4 is 31.9 Å². The van der Waals surface area contributed by atoms with E-state index in [1.54, 1.807) is 0 Å². The molecule has 1 atom stereocenters. The summed E-state index contributed by atoms with van der Waals surface area (Å²) in [5, 5.41) is 0. The van der Waals surface area contributed by atoms with E-state index in [9.17, 15) is 0 Å². The van der Waals surface area contributed by atoms with E-state index in [1.165, 1.54) is 0 Å². The minimum Gasteiger partial charge on any atom is -0.487 e. The zero-order chi connectivity index (χ0) is 14.5. The van der Waals surface area contributed by atoms with Gasteiger partial charge in [-0.15, -0.1) is 0 Å². The maximum Gasteiger partial charge on any atom is 0.138 e. The molecule has 0 heterocycles. The van der Waals surface area contributed by atoms with Gasteiger partial charge in [-0.3, -0.25) is 0 Å². The second-order valence-corrected chi connectivity index (χ2v) is 6.19. The molecule has 2 rings (SSSR count). The number of nitrogens with two attached hydrogens (primary N) is 2. The molecule has 0 spiro atoms. The second-order valence-electron chi connectivity index (χ2n) is 4.42. The van der Waals surface area contributed by atoms with Gasteiger partial charge in [0.05, 0.1) is 4.47 Å². The Bertz CT molecular complexity index is 576. The maximum absolute atomic E-state index is 6.06. The van der Waals surface area contributed by atoms with Gasteiger partial charge >= 0.3 is 0 Å². The summed E-state index contributed by atoms with van der Waals surface area (Å²) >= 11 is 6.98. The lowest BCUT2D eigenvalue weighted by Gasteiger charge is -2.18.